The molecular weight excluding hydrogens is 342 g/mol. The Labute approximate surface area is 147 Å². The summed E-state index contributed by atoms with van der Waals surface area (Å²) in [5.74, 6) is -1.76. The van der Waals surface area contributed by atoms with Gasteiger partial charge in [-0.15, -0.1) is 0 Å². The fourth-order valence-electron chi connectivity index (χ4n) is 2.47. The topological polar surface area (TPSA) is 65.2 Å². The van der Waals surface area contributed by atoms with Crippen molar-refractivity contribution < 1.29 is 18.3 Å². The van der Waals surface area contributed by atoms with Crippen molar-refractivity contribution in [3.8, 4) is 0 Å². The number of rotatable bonds is 5. The Hall–Kier alpha value is -2.12. The number of carbonyl (C=O) groups excluding carboxylic acids is 1. The Morgan fingerprint density at radius 3 is 2.36 bits per heavy atom. The number of carbonyl (C=O) groups is 1. The average Bonchev–Trinajstić information content (AvgIpc) is 2.56. The van der Waals surface area contributed by atoms with E-state index in [1.165, 1.54) is 13.2 Å². The number of benzene rings is 1. The number of hydrogen-bond acceptors (Lipinski definition) is 4. The Balaban J connectivity index is 2.47. The van der Waals surface area contributed by atoms with Gasteiger partial charge in [0.1, 0.15) is 11.6 Å². The van der Waals surface area contributed by atoms with Crippen LogP contribution in [0.3, 0.4) is 0 Å². The molecule has 0 bridgehead atoms. The summed E-state index contributed by atoms with van der Waals surface area (Å²) in [4.78, 5) is 16.0. The van der Waals surface area contributed by atoms with Crippen molar-refractivity contribution in [2.75, 3.05) is 7.11 Å². The van der Waals surface area contributed by atoms with Crippen LogP contribution in [0.25, 0.3) is 0 Å². The Morgan fingerprint density at radius 2 is 1.84 bits per heavy atom. The number of aromatic nitrogens is 1. The molecule has 25 heavy (non-hydrogen) atoms. The van der Waals surface area contributed by atoms with Crippen molar-refractivity contribution >= 4 is 19.2 Å². The molecule has 134 valence electrons. The first-order chi connectivity index (χ1) is 11.7. The number of hydrogen-bond donors (Lipinski definition) is 1. The molecular formula is C18H22F2N2O2Si. The van der Waals surface area contributed by atoms with Gasteiger partial charge in [0.25, 0.3) is 0 Å². The lowest BCUT2D eigenvalue weighted by Gasteiger charge is -2.17. The lowest BCUT2D eigenvalue weighted by Crippen LogP contribution is -2.37. The Kier molecular flexibility index (Phi) is 5.69. The number of nitrogens with two attached hydrogens (primary N) is 1. The molecule has 0 radical (unpaired) electrons. The summed E-state index contributed by atoms with van der Waals surface area (Å²) in [5.41, 5.74) is 6.12. The van der Waals surface area contributed by atoms with E-state index in [4.69, 9.17) is 5.73 Å². The molecule has 0 spiro atoms. The highest BCUT2D eigenvalue weighted by molar-refractivity contribution is 6.88. The monoisotopic (exact) mass is 364 g/mol. The van der Waals surface area contributed by atoms with Crippen LogP contribution in [0.2, 0.25) is 19.6 Å². The smallest absolute Gasteiger partial charge is 0.339 e. The number of pyridine rings is 1. The van der Waals surface area contributed by atoms with Gasteiger partial charge in [-0.05, 0) is 17.7 Å². The number of esters is 1. The minimum Gasteiger partial charge on any atom is -0.465 e. The molecule has 0 aliphatic carbocycles. The van der Waals surface area contributed by atoms with E-state index in [0.717, 1.165) is 11.3 Å². The highest BCUT2D eigenvalue weighted by Crippen LogP contribution is 2.19. The number of halogens is 2. The zero-order valence-electron chi connectivity index (χ0n) is 14.8. The Morgan fingerprint density at radius 1 is 1.16 bits per heavy atom. The van der Waals surface area contributed by atoms with Crippen molar-refractivity contribution in [3.05, 3.63) is 58.4 Å². The maximum atomic E-state index is 14.5. The summed E-state index contributed by atoms with van der Waals surface area (Å²) in [6, 6.07) is 6.17. The maximum absolute atomic E-state index is 14.5. The molecule has 1 aromatic heterocycles. The first-order valence-electron chi connectivity index (χ1n) is 7.93. The summed E-state index contributed by atoms with van der Waals surface area (Å²) in [6.07, 6.45) is 0.0511. The molecule has 0 aliphatic rings. The van der Waals surface area contributed by atoms with E-state index >= 15 is 0 Å². The number of nitrogens with zero attached hydrogens (tertiary/aromatic N) is 1. The molecule has 2 rings (SSSR count). The molecule has 1 aromatic carbocycles. The summed E-state index contributed by atoms with van der Waals surface area (Å²) < 4.78 is 33.1. The van der Waals surface area contributed by atoms with Gasteiger partial charge in [-0.25, -0.2) is 13.6 Å². The quantitative estimate of drug-likeness (QED) is 0.654. The van der Waals surface area contributed by atoms with E-state index in [9.17, 15) is 13.6 Å². The molecule has 0 saturated carbocycles. The second-order valence-electron chi connectivity index (χ2n) is 6.84. The first-order valence-corrected chi connectivity index (χ1v) is 11.4. The van der Waals surface area contributed by atoms with E-state index < -0.39 is 19.9 Å². The summed E-state index contributed by atoms with van der Waals surface area (Å²) >= 11 is 0. The maximum Gasteiger partial charge on any atom is 0.339 e. The molecule has 1 heterocycles. The van der Waals surface area contributed by atoms with Crippen LogP contribution in [0.15, 0.2) is 24.3 Å². The van der Waals surface area contributed by atoms with E-state index in [-0.39, 0.29) is 35.7 Å². The standard InChI is InChI=1S/C18H22F2N2O2Si/c1-24-18(23)13-9-15(20)17(10-21)22-16(13)7-11-5-6-12(8-14(11)19)25(2,3)4/h5-6,8-9H,7,10,21H2,1-4H3. The molecule has 0 aliphatic heterocycles. The van der Waals surface area contributed by atoms with Crippen LogP contribution in [0.5, 0.6) is 0 Å². The molecule has 2 N–H and O–H groups in total. The lowest BCUT2D eigenvalue weighted by atomic mass is 10.0. The molecule has 0 amide bonds. The van der Waals surface area contributed by atoms with Crippen LogP contribution >= 0.6 is 0 Å². The van der Waals surface area contributed by atoms with Crippen molar-refractivity contribution in [2.24, 2.45) is 5.73 Å². The fraction of sp³-hybridized carbons (Fsp3) is 0.333. The van der Waals surface area contributed by atoms with Gasteiger partial charge in [0, 0.05) is 13.0 Å². The summed E-state index contributed by atoms with van der Waals surface area (Å²) in [7, 11) is -0.434. The largest absolute Gasteiger partial charge is 0.465 e. The molecule has 0 unspecified atom stereocenters. The zero-order valence-corrected chi connectivity index (χ0v) is 15.8. The van der Waals surface area contributed by atoms with E-state index in [1.54, 1.807) is 6.07 Å². The third-order valence-corrected chi connectivity index (χ3v) is 6.05. The Bertz CT molecular complexity index is 804. The van der Waals surface area contributed by atoms with Crippen molar-refractivity contribution in [2.45, 2.75) is 32.6 Å². The highest BCUT2D eigenvalue weighted by atomic mass is 28.3. The summed E-state index contributed by atoms with van der Waals surface area (Å²) in [5, 5.41) is 0.997. The molecule has 0 saturated heterocycles. The van der Waals surface area contributed by atoms with E-state index in [1.807, 2.05) is 6.07 Å². The molecule has 4 nitrogen and oxygen atoms in total. The van der Waals surface area contributed by atoms with Crippen LogP contribution in [0.1, 0.15) is 27.3 Å². The zero-order chi connectivity index (χ0) is 18.8. The van der Waals surface area contributed by atoms with Crippen LogP contribution in [0, 0.1) is 11.6 Å². The van der Waals surface area contributed by atoms with Crippen molar-refractivity contribution in [3.63, 3.8) is 0 Å². The van der Waals surface area contributed by atoms with Crippen LogP contribution < -0.4 is 10.9 Å². The molecule has 0 fully saturated rings. The molecule has 7 heteroatoms. The van der Waals surface area contributed by atoms with E-state index in [0.29, 0.717) is 5.56 Å². The van der Waals surface area contributed by atoms with Gasteiger partial charge in [-0.2, -0.15) is 0 Å². The second kappa shape index (κ2) is 7.41. The molecule has 0 atom stereocenters. The van der Waals surface area contributed by atoms with Gasteiger partial charge in [0.05, 0.1) is 32.1 Å². The third kappa shape index (κ3) is 4.29. The minimum atomic E-state index is -1.63. The number of ether oxygens (including phenoxy) is 1. The van der Waals surface area contributed by atoms with Gasteiger partial charge in [-0.3, -0.25) is 4.98 Å². The average molecular weight is 364 g/mol. The van der Waals surface area contributed by atoms with Crippen molar-refractivity contribution in [1.29, 1.82) is 0 Å². The van der Waals surface area contributed by atoms with Crippen LogP contribution in [-0.2, 0) is 17.7 Å². The third-order valence-electron chi connectivity index (χ3n) is 4.00. The number of methoxy groups -OCH3 is 1. The summed E-state index contributed by atoms with van der Waals surface area (Å²) in [6.45, 7) is 6.28. The normalized spacial score (nSPS) is 11.5. The SMILES string of the molecule is COC(=O)c1cc(F)c(CN)nc1Cc1ccc([Si](C)(C)C)cc1F. The van der Waals surface area contributed by atoms with Gasteiger partial charge in [-0.1, -0.05) is 37.0 Å². The predicted molar refractivity (Wildman–Crippen MR) is 95.6 cm³/mol. The van der Waals surface area contributed by atoms with E-state index in [2.05, 4.69) is 29.4 Å². The molecule has 2 aromatic rings. The lowest BCUT2D eigenvalue weighted by molar-refractivity contribution is 0.0598. The van der Waals surface area contributed by atoms with Gasteiger partial charge in [0.2, 0.25) is 0 Å². The minimum absolute atomic E-state index is 0.0223. The highest BCUT2D eigenvalue weighted by Gasteiger charge is 2.21. The van der Waals surface area contributed by atoms with Gasteiger partial charge in [0.15, 0.2) is 0 Å². The fourth-order valence-corrected chi connectivity index (χ4v) is 3.62. The first kappa shape index (κ1) is 19.2. The van der Waals surface area contributed by atoms with Gasteiger partial charge >= 0.3 is 5.97 Å². The van der Waals surface area contributed by atoms with Gasteiger partial charge < -0.3 is 10.5 Å². The second-order valence-corrected chi connectivity index (χ2v) is 11.9. The van der Waals surface area contributed by atoms with Crippen molar-refractivity contribution in [1.82, 2.24) is 4.98 Å². The predicted octanol–water partition coefficient (Wildman–Crippen LogP) is 2.74. The van der Waals surface area contributed by atoms with Crippen LogP contribution in [0.4, 0.5) is 8.78 Å². The van der Waals surface area contributed by atoms with Crippen LogP contribution in [-0.4, -0.2) is 26.1 Å².